The number of Topliss-reactive ketones (excluding diaryl/α,β-unsaturated/α-hetero) is 1. The molecule has 1 aromatic heterocycles. The molecule has 0 unspecified atom stereocenters. The Hall–Kier alpha value is -2.41. The molecule has 2 rings (SSSR count). The van der Waals surface area contributed by atoms with Crippen LogP contribution in [-0.2, 0) is 23.9 Å². The highest BCUT2D eigenvalue weighted by molar-refractivity contribution is 6.31. The number of carbonyl (C=O) groups is 2. The number of alkyl halides is 3. The SMILES string of the molecule is CCC(=O)Cc1cc(C(=O)NCc2ccc(Cl)c(C(F)(F)F)c2)ccn1. The van der Waals surface area contributed by atoms with Crippen molar-refractivity contribution in [3.8, 4) is 0 Å². The third kappa shape index (κ3) is 5.29. The summed E-state index contributed by atoms with van der Waals surface area (Å²) in [4.78, 5) is 27.7. The highest BCUT2D eigenvalue weighted by atomic mass is 35.5. The van der Waals surface area contributed by atoms with Gasteiger partial charge in [-0.25, -0.2) is 0 Å². The van der Waals surface area contributed by atoms with Crippen LogP contribution in [0.25, 0.3) is 0 Å². The fourth-order valence-electron chi connectivity index (χ4n) is 2.23. The molecular formula is C18H16ClF3N2O2. The van der Waals surface area contributed by atoms with Gasteiger partial charge in [-0.15, -0.1) is 0 Å². The lowest BCUT2D eigenvalue weighted by molar-refractivity contribution is -0.137. The zero-order valence-corrected chi connectivity index (χ0v) is 14.6. The number of aromatic nitrogens is 1. The van der Waals surface area contributed by atoms with Crippen LogP contribution in [0.3, 0.4) is 0 Å². The van der Waals surface area contributed by atoms with Crippen LogP contribution in [0, 0.1) is 0 Å². The summed E-state index contributed by atoms with van der Waals surface area (Å²) in [6.45, 7) is 1.64. The van der Waals surface area contributed by atoms with Crippen molar-refractivity contribution in [3.63, 3.8) is 0 Å². The molecule has 2 aromatic rings. The van der Waals surface area contributed by atoms with Crippen LogP contribution in [0.5, 0.6) is 0 Å². The van der Waals surface area contributed by atoms with Crippen LogP contribution in [0.1, 0.15) is 40.5 Å². The van der Waals surface area contributed by atoms with Gasteiger partial charge in [0.15, 0.2) is 0 Å². The molecule has 0 aliphatic heterocycles. The Balaban J connectivity index is 2.07. The zero-order valence-electron chi connectivity index (χ0n) is 13.9. The molecule has 0 aliphatic rings. The van der Waals surface area contributed by atoms with E-state index < -0.39 is 22.7 Å². The lowest BCUT2D eigenvalue weighted by atomic mass is 10.1. The van der Waals surface area contributed by atoms with Gasteiger partial charge in [0.1, 0.15) is 5.78 Å². The first-order valence-electron chi connectivity index (χ1n) is 7.81. The molecule has 0 saturated carbocycles. The van der Waals surface area contributed by atoms with Crippen molar-refractivity contribution in [2.75, 3.05) is 0 Å². The fraction of sp³-hybridized carbons (Fsp3) is 0.278. The van der Waals surface area contributed by atoms with Gasteiger partial charge in [0.05, 0.1) is 10.6 Å². The van der Waals surface area contributed by atoms with Gasteiger partial charge in [0.25, 0.3) is 5.91 Å². The standard InChI is InChI=1S/C18H16ClF3N2O2/c1-2-14(25)9-13-8-12(5-6-23-13)17(26)24-10-11-3-4-16(19)15(7-11)18(20,21)22/h3-8H,2,9-10H2,1H3,(H,24,26). The van der Waals surface area contributed by atoms with E-state index in [2.05, 4.69) is 10.3 Å². The number of hydrogen-bond donors (Lipinski definition) is 1. The molecule has 26 heavy (non-hydrogen) atoms. The maximum atomic E-state index is 12.9. The average Bonchev–Trinajstić information content (AvgIpc) is 2.59. The van der Waals surface area contributed by atoms with E-state index in [4.69, 9.17) is 11.6 Å². The molecule has 0 atom stereocenters. The largest absolute Gasteiger partial charge is 0.417 e. The van der Waals surface area contributed by atoms with Crippen molar-refractivity contribution in [1.29, 1.82) is 0 Å². The Morgan fingerprint density at radius 3 is 2.58 bits per heavy atom. The Labute approximate surface area is 153 Å². The molecule has 138 valence electrons. The van der Waals surface area contributed by atoms with E-state index in [1.165, 1.54) is 24.4 Å². The van der Waals surface area contributed by atoms with Gasteiger partial charge in [0.2, 0.25) is 0 Å². The first-order valence-corrected chi connectivity index (χ1v) is 8.19. The lowest BCUT2D eigenvalue weighted by Crippen LogP contribution is -2.23. The molecule has 1 heterocycles. The number of ketones is 1. The summed E-state index contributed by atoms with van der Waals surface area (Å²) in [5.74, 6) is -0.475. The average molecular weight is 385 g/mol. The molecule has 0 radical (unpaired) electrons. The van der Waals surface area contributed by atoms with Crippen LogP contribution < -0.4 is 5.32 Å². The second-order valence-corrected chi connectivity index (χ2v) is 6.01. The Bertz CT molecular complexity index is 822. The number of benzene rings is 1. The summed E-state index contributed by atoms with van der Waals surface area (Å²) in [6.07, 6.45) is -2.65. The van der Waals surface area contributed by atoms with Gasteiger partial charge in [-0.2, -0.15) is 13.2 Å². The van der Waals surface area contributed by atoms with Gasteiger partial charge >= 0.3 is 6.18 Å². The molecule has 0 spiro atoms. The van der Waals surface area contributed by atoms with Crippen LogP contribution in [0.4, 0.5) is 13.2 Å². The van der Waals surface area contributed by atoms with Crippen LogP contribution >= 0.6 is 11.6 Å². The maximum absolute atomic E-state index is 12.9. The van der Waals surface area contributed by atoms with E-state index >= 15 is 0 Å². The minimum atomic E-state index is -4.57. The van der Waals surface area contributed by atoms with E-state index in [1.807, 2.05) is 0 Å². The van der Waals surface area contributed by atoms with Crippen molar-refractivity contribution in [3.05, 3.63) is 63.9 Å². The maximum Gasteiger partial charge on any atom is 0.417 e. The molecule has 8 heteroatoms. The van der Waals surface area contributed by atoms with Crippen LogP contribution in [0.2, 0.25) is 5.02 Å². The molecule has 1 aromatic carbocycles. The molecule has 1 N–H and O–H groups in total. The Morgan fingerprint density at radius 2 is 1.92 bits per heavy atom. The highest BCUT2D eigenvalue weighted by Gasteiger charge is 2.33. The van der Waals surface area contributed by atoms with Crippen LogP contribution in [0.15, 0.2) is 36.5 Å². The van der Waals surface area contributed by atoms with Crippen molar-refractivity contribution < 1.29 is 22.8 Å². The first-order chi connectivity index (χ1) is 12.2. The minimum Gasteiger partial charge on any atom is -0.348 e. The minimum absolute atomic E-state index is 0.00379. The van der Waals surface area contributed by atoms with Crippen LogP contribution in [-0.4, -0.2) is 16.7 Å². The van der Waals surface area contributed by atoms with E-state index in [1.54, 1.807) is 6.92 Å². The summed E-state index contributed by atoms with van der Waals surface area (Å²) in [5, 5.41) is 2.15. The molecule has 0 fully saturated rings. The van der Waals surface area contributed by atoms with Crippen molar-refractivity contribution >= 4 is 23.3 Å². The van der Waals surface area contributed by atoms with Gasteiger partial charge in [-0.3, -0.25) is 14.6 Å². The highest BCUT2D eigenvalue weighted by Crippen LogP contribution is 2.35. The normalized spacial score (nSPS) is 11.3. The summed E-state index contributed by atoms with van der Waals surface area (Å²) >= 11 is 5.57. The number of nitrogens with zero attached hydrogens (tertiary/aromatic N) is 1. The predicted molar refractivity (Wildman–Crippen MR) is 90.9 cm³/mol. The van der Waals surface area contributed by atoms with Crippen molar-refractivity contribution in [1.82, 2.24) is 10.3 Å². The number of carbonyl (C=O) groups excluding carboxylic acids is 2. The topological polar surface area (TPSA) is 59.1 Å². The van der Waals surface area contributed by atoms with E-state index in [0.717, 1.165) is 12.1 Å². The van der Waals surface area contributed by atoms with E-state index in [-0.39, 0.29) is 29.9 Å². The van der Waals surface area contributed by atoms with Crippen molar-refractivity contribution in [2.45, 2.75) is 32.5 Å². The second kappa shape index (κ2) is 8.31. The van der Waals surface area contributed by atoms with E-state index in [0.29, 0.717) is 12.1 Å². The molecular weight excluding hydrogens is 369 g/mol. The number of nitrogens with one attached hydrogen (secondary N) is 1. The number of rotatable bonds is 6. The molecule has 0 bridgehead atoms. The third-order valence-corrected chi connectivity index (χ3v) is 3.97. The summed E-state index contributed by atoms with van der Waals surface area (Å²) in [7, 11) is 0. The third-order valence-electron chi connectivity index (χ3n) is 3.64. The number of halogens is 4. The number of hydrogen-bond acceptors (Lipinski definition) is 3. The Morgan fingerprint density at radius 1 is 1.19 bits per heavy atom. The fourth-order valence-corrected chi connectivity index (χ4v) is 2.45. The first kappa shape index (κ1) is 19.9. The van der Waals surface area contributed by atoms with E-state index in [9.17, 15) is 22.8 Å². The zero-order chi connectivity index (χ0) is 19.3. The monoisotopic (exact) mass is 384 g/mol. The second-order valence-electron chi connectivity index (χ2n) is 5.60. The molecule has 1 amide bonds. The predicted octanol–water partition coefficient (Wildman–Crippen LogP) is 4.21. The summed E-state index contributed by atoms with van der Waals surface area (Å²) < 4.78 is 38.6. The van der Waals surface area contributed by atoms with Crippen molar-refractivity contribution in [2.24, 2.45) is 0 Å². The number of amides is 1. The molecule has 0 saturated heterocycles. The number of pyridine rings is 1. The molecule has 0 aliphatic carbocycles. The summed E-state index contributed by atoms with van der Waals surface area (Å²) in [5.41, 5.74) is 0.0694. The van der Waals surface area contributed by atoms with Gasteiger partial charge in [-0.05, 0) is 29.8 Å². The van der Waals surface area contributed by atoms with Gasteiger partial charge in [-0.1, -0.05) is 24.6 Å². The lowest BCUT2D eigenvalue weighted by Gasteiger charge is -2.12. The quantitative estimate of drug-likeness (QED) is 0.811. The molecule has 4 nitrogen and oxygen atoms in total. The summed E-state index contributed by atoms with van der Waals surface area (Å²) in [6, 6.07) is 6.42. The van der Waals surface area contributed by atoms with Gasteiger partial charge < -0.3 is 5.32 Å². The smallest absolute Gasteiger partial charge is 0.348 e. The Kier molecular flexibility index (Phi) is 6.37. The van der Waals surface area contributed by atoms with Gasteiger partial charge in [0, 0.05) is 36.8 Å².